The zero-order valence-corrected chi connectivity index (χ0v) is 13.9. The summed E-state index contributed by atoms with van der Waals surface area (Å²) in [5, 5.41) is 0. The largest absolute Gasteiger partial charge is 0.488 e. The fourth-order valence-electron chi connectivity index (χ4n) is 2.78. The maximum Gasteiger partial charge on any atom is 0.258 e. The summed E-state index contributed by atoms with van der Waals surface area (Å²) in [5.74, 6) is 1.18. The van der Waals surface area contributed by atoms with Crippen LogP contribution < -0.4 is 4.74 Å². The highest BCUT2D eigenvalue weighted by atomic mass is 35.5. The van der Waals surface area contributed by atoms with Crippen LogP contribution in [0.25, 0.3) is 0 Å². The van der Waals surface area contributed by atoms with E-state index in [0.29, 0.717) is 36.7 Å². The Kier molecular flexibility index (Phi) is 4.87. The highest BCUT2D eigenvalue weighted by Gasteiger charge is 2.28. The van der Waals surface area contributed by atoms with Crippen LogP contribution in [0.1, 0.15) is 27.9 Å². The van der Waals surface area contributed by atoms with Gasteiger partial charge in [0.05, 0.1) is 12.1 Å². The van der Waals surface area contributed by atoms with E-state index in [0.717, 1.165) is 5.56 Å². The second-order valence-corrected chi connectivity index (χ2v) is 6.26. The number of benzene rings is 2. The zero-order valence-electron chi connectivity index (χ0n) is 13.2. The molecule has 2 aromatic rings. The summed E-state index contributed by atoms with van der Waals surface area (Å²) >= 11 is 5.89. The molecule has 0 radical (unpaired) electrons. The summed E-state index contributed by atoms with van der Waals surface area (Å²) < 4.78 is 6.01. The molecule has 23 heavy (non-hydrogen) atoms. The standard InChI is InChI=1S/C19H20ClNO2/c1-14-6-8-15(9-7-14)12-21-13-16(10-11-20)23-18-5-3-2-4-17(18)19(21)22/h2-9,16H,10-13H2,1H3. The van der Waals surface area contributed by atoms with Gasteiger partial charge in [0, 0.05) is 12.4 Å². The van der Waals surface area contributed by atoms with Gasteiger partial charge in [-0.15, -0.1) is 11.6 Å². The van der Waals surface area contributed by atoms with Crippen molar-refractivity contribution in [3.8, 4) is 5.75 Å². The van der Waals surface area contributed by atoms with E-state index >= 15 is 0 Å². The van der Waals surface area contributed by atoms with Crippen molar-refractivity contribution in [1.82, 2.24) is 4.90 Å². The third-order valence-corrected chi connectivity index (χ3v) is 4.27. The van der Waals surface area contributed by atoms with Crippen molar-refractivity contribution in [3.63, 3.8) is 0 Å². The molecule has 3 nitrogen and oxygen atoms in total. The topological polar surface area (TPSA) is 29.5 Å². The molecule has 0 fully saturated rings. The van der Waals surface area contributed by atoms with Crippen molar-refractivity contribution in [2.24, 2.45) is 0 Å². The van der Waals surface area contributed by atoms with Gasteiger partial charge < -0.3 is 9.64 Å². The van der Waals surface area contributed by atoms with Crippen molar-refractivity contribution < 1.29 is 9.53 Å². The number of carbonyl (C=O) groups excluding carboxylic acids is 1. The number of carbonyl (C=O) groups is 1. The molecule has 1 aliphatic rings. The Morgan fingerprint density at radius 1 is 1.17 bits per heavy atom. The number of hydrogen-bond donors (Lipinski definition) is 0. The van der Waals surface area contributed by atoms with Gasteiger partial charge >= 0.3 is 0 Å². The molecular formula is C19H20ClNO2. The number of para-hydroxylation sites is 1. The van der Waals surface area contributed by atoms with Gasteiger partial charge in [0.25, 0.3) is 5.91 Å². The second-order valence-electron chi connectivity index (χ2n) is 5.88. The van der Waals surface area contributed by atoms with Gasteiger partial charge in [-0.2, -0.15) is 0 Å². The highest BCUT2D eigenvalue weighted by Crippen LogP contribution is 2.26. The molecule has 4 heteroatoms. The van der Waals surface area contributed by atoms with E-state index in [9.17, 15) is 4.79 Å². The number of rotatable bonds is 4. The first kappa shape index (κ1) is 15.9. The van der Waals surface area contributed by atoms with Gasteiger partial charge in [-0.3, -0.25) is 4.79 Å². The maximum absolute atomic E-state index is 12.9. The summed E-state index contributed by atoms with van der Waals surface area (Å²) in [5.41, 5.74) is 2.95. The van der Waals surface area contributed by atoms with E-state index in [2.05, 4.69) is 31.2 Å². The molecule has 1 unspecified atom stereocenters. The lowest BCUT2D eigenvalue weighted by molar-refractivity contribution is 0.0693. The smallest absolute Gasteiger partial charge is 0.258 e. The van der Waals surface area contributed by atoms with Crippen molar-refractivity contribution in [2.75, 3.05) is 12.4 Å². The van der Waals surface area contributed by atoms with E-state index in [4.69, 9.17) is 16.3 Å². The van der Waals surface area contributed by atoms with Crippen molar-refractivity contribution in [1.29, 1.82) is 0 Å². The van der Waals surface area contributed by atoms with Gasteiger partial charge in [0.15, 0.2) is 0 Å². The molecule has 1 amide bonds. The molecule has 120 valence electrons. The summed E-state index contributed by atoms with van der Waals surface area (Å²) in [6.45, 7) is 3.19. The number of alkyl halides is 1. The minimum atomic E-state index is -0.0782. The molecule has 2 aromatic carbocycles. The van der Waals surface area contributed by atoms with E-state index in [1.165, 1.54) is 5.56 Å². The molecule has 0 spiro atoms. The van der Waals surface area contributed by atoms with Crippen LogP contribution in [0.4, 0.5) is 0 Å². The predicted molar refractivity (Wildman–Crippen MR) is 92.1 cm³/mol. The van der Waals surface area contributed by atoms with E-state index < -0.39 is 0 Å². The Hall–Kier alpha value is -2.00. The monoisotopic (exact) mass is 329 g/mol. The first-order valence-electron chi connectivity index (χ1n) is 7.84. The number of aryl methyl sites for hydroxylation is 1. The molecular weight excluding hydrogens is 310 g/mol. The van der Waals surface area contributed by atoms with Crippen LogP contribution >= 0.6 is 11.6 Å². The normalized spacial score (nSPS) is 17.4. The summed E-state index contributed by atoms with van der Waals surface area (Å²) in [6, 6.07) is 15.7. The lowest BCUT2D eigenvalue weighted by atomic mass is 10.1. The Labute approximate surface area is 141 Å². The molecule has 1 heterocycles. The second kappa shape index (κ2) is 7.05. The van der Waals surface area contributed by atoms with Gasteiger partial charge in [-0.25, -0.2) is 0 Å². The average molecular weight is 330 g/mol. The van der Waals surface area contributed by atoms with Gasteiger partial charge in [0.1, 0.15) is 11.9 Å². The van der Waals surface area contributed by atoms with Crippen molar-refractivity contribution in [3.05, 3.63) is 65.2 Å². The quantitative estimate of drug-likeness (QED) is 0.793. The number of nitrogens with zero attached hydrogens (tertiary/aromatic N) is 1. The van der Waals surface area contributed by atoms with Crippen LogP contribution in [0.5, 0.6) is 5.75 Å². The molecule has 0 N–H and O–H groups in total. The van der Waals surface area contributed by atoms with Gasteiger partial charge in [0.2, 0.25) is 0 Å². The maximum atomic E-state index is 12.9. The molecule has 0 bridgehead atoms. The van der Waals surface area contributed by atoms with E-state index in [-0.39, 0.29) is 12.0 Å². The Balaban J connectivity index is 1.88. The first-order valence-corrected chi connectivity index (χ1v) is 8.37. The zero-order chi connectivity index (χ0) is 16.2. The summed E-state index contributed by atoms with van der Waals surface area (Å²) in [4.78, 5) is 14.7. The molecule has 3 rings (SSSR count). The SMILES string of the molecule is Cc1ccc(CN2CC(CCCl)Oc3ccccc3C2=O)cc1. The Bertz CT molecular complexity index is 684. The van der Waals surface area contributed by atoms with Crippen molar-refractivity contribution in [2.45, 2.75) is 26.0 Å². The minimum absolute atomic E-state index is 0.0123. The molecule has 0 aromatic heterocycles. The van der Waals surface area contributed by atoms with Crippen LogP contribution in [0.2, 0.25) is 0 Å². The van der Waals surface area contributed by atoms with E-state index in [1.807, 2.05) is 29.2 Å². The van der Waals surface area contributed by atoms with Gasteiger partial charge in [-0.1, -0.05) is 42.0 Å². The number of hydrogen-bond acceptors (Lipinski definition) is 2. The number of fused-ring (bicyclic) bond motifs is 1. The van der Waals surface area contributed by atoms with Crippen LogP contribution in [-0.2, 0) is 6.54 Å². The van der Waals surface area contributed by atoms with Crippen LogP contribution in [0, 0.1) is 6.92 Å². The molecule has 0 saturated carbocycles. The third kappa shape index (κ3) is 3.67. The number of amides is 1. The third-order valence-electron chi connectivity index (χ3n) is 4.05. The molecule has 1 atom stereocenters. The lowest BCUT2D eigenvalue weighted by Crippen LogP contribution is -2.36. The van der Waals surface area contributed by atoms with E-state index in [1.54, 1.807) is 0 Å². The van der Waals surface area contributed by atoms with Crippen molar-refractivity contribution >= 4 is 17.5 Å². The summed E-state index contributed by atoms with van der Waals surface area (Å²) in [7, 11) is 0. The first-order chi connectivity index (χ1) is 11.2. The Morgan fingerprint density at radius 3 is 2.65 bits per heavy atom. The molecule has 1 aliphatic heterocycles. The fourth-order valence-corrected chi connectivity index (χ4v) is 3.03. The average Bonchev–Trinajstić information content (AvgIpc) is 2.68. The van der Waals surface area contributed by atoms with Gasteiger partial charge in [-0.05, 0) is 31.0 Å². The fraction of sp³-hybridized carbons (Fsp3) is 0.316. The number of ether oxygens (including phenoxy) is 1. The Morgan fingerprint density at radius 2 is 1.91 bits per heavy atom. The minimum Gasteiger partial charge on any atom is -0.488 e. The van der Waals surface area contributed by atoms with Crippen LogP contribution in [0.15, 0.2) is 48.5 Å². The molecule has 0 aliphatic carbocycles. The highest BCUT2D eigenvalue weighted by molar-refractivity contribution is 6.17. The lowest BCUT2D eigenvalue weighted by Gasteiger charge is -2.24. The molecule has 0 saturated heterocycles. The van der Waals surface area contributed by atoms with Crippen LogP contribution in [-0.4, -0.2) is 29.3 Å². The summed E-state index contributed by atoms with van der Waals surface area (Å²) in [6.07, 6.45) is 0.638. The predicted octanol–water partition coefficient (Wildman–Crippen LogP) is 4.03. The van der Waals surface area contributed by atoms with Crippen LogP contribution in [0.3, 0.4) is 0 Å². The number of halogens is 1.